The van der Waals surface area contributed by atoms with Gasteiger partial charge in [-0.1, -0.05) is 36.9 Å². The third-order valence-corrected chi connectivity index (χ3v) is 6.91. The topological polar surface area (TPSA) is 63.9 Å². The number of thioether (sulfide) groups is 1. The van der Waals surface area contributed by atoms with Crippen molar-refractivity contribution < 1.29 is 4.79 Å². The fraction of sp³-hybridized carbons (Fsp3) is 0.400. The summed E-state index contributed by atoms with van der Waals surface area (Å²) in [5.41, 5.74) is 2.31. The highest BCUT2D eigenvalue weighted by Crippen LogP contribution is 2.29. The number of piperidine rings is 1. The van der Waals surface area contributed by atoms with Crippen LogP contribution >= 0.6 is 23.1 Å². The first-order valence-electron chi connectivity index (χ1n) is 9.54. The highest BCUT2D eigenvalue weighted by Gasteiger charge is 2.26. The third kappa shape index (κ3) is 4.12. The van der Waals surface area contributed by atoms with Gasteiger partial charge in [0.05, 0.1) is 16.4 Å². The van der Waals surface area contributed by atoms with E-state index in [2.05, 4.69) is 34.2 Å². The Morgan fingerprint density at radius 2 is 2.25 bits per heavy atom. The van der Waals surface area contributed by atoms with E-state index in [0.717, 1.165) is 48.2 Å². The number of para-hydroxylation sites is 1. The number of carbonyl (C=O) groups excluding carboxylic acids is 1. The Labute approximate surface area is 173 Å². The Bertz CT molecular complexity index is 924. The van der Waals surface area contributed by atoms with Crippen molar-refractivity contribution in [1.82, 2.24) is 24.6 Å². The fourth-order valence-electron chi connectivity index (χ4n) is 3.59. The number of hydrogen-bond acceptors (Lipinski definition) is 6. The third-order valence-electron chi connectivity index (χ3n) is 5.05. The lowest BCUT2D eigenvalue weighted by Gasteiger charge is -2.31. The van der Waals surface area contributed by atoms with Crippen LogP contribution < -0.4 is 0 Å². The molecule has 2 aromatic heterocycles. The molecule has 1 atom stereocenters. The van der Waals surface area contributed by atoms with Gasteiger partial charge in [0.2, 0.25) is 5.91 Å². The summed E-state index contributed by atoms with van der Waals surface area (Å²) in [5, 5.41) is 12.2. The number of aromatic nitrogens is 4. The minimum absolute atomic E-state index is 0.157. The Kier molecular flexibility index (Phi) is 6.07. The van der Waals surface area contributed by atoms with Crippen molar-refractivity contribution in [2.75, 3.05) is 18.8 Å². The second-order valence-corrected chi connectivity index (χ2v) is 8.67. The summed E-state index contributed by atoms with van der Waals surface area (Å²) in [6.07, 6.45) is 6.63. The number of benzene rings is 1. The molecule has 4 rings (SSSR count). The van der Waals surface area contributed by atoms with Crippen molar-refractivity contribution in [2.24, 2.45) is 0 Å². The molecule has 0 bridgehead atoms. The molecule has 1 fully saturated rings. The van der Waals surface area contributed by atoms with Gasteiger partial charge in [0.1, 0.15) is 6.33 Å². The minimum Gasteiger partial charge on any atom is -0.341 e. The Morgan fingerprint density at radius 3 is 3.07 bits per heavy atom. The summed E-state index contributed by atoms with van der Waals surface area (Å²) in [6, 6.07) is 8.23. The summed E-state index contributed by atoms with van der Waals surface area (Å²) in [4.78, 5) is 19.2. The average Bonchev–Trinajstić information content (AvgIpc) is 3.44. The number of likely N-dealkylation sites (tertiary alicyclic amines) is 1. The molecule has 1 aromatic carbocycles. The predicted molar refractivity (Wildman–Crippen MR) is 112 cm³/mol. The van der Waals surface area contributed by atoms with Crippen LogP contribution in [0.1, 0.15) is 36.3 Å². The van der Waals surface area contributed by atoms with Gasteiger partial charge < -0.3 is 4.90 Å². The molecule has 1 aliphatic rings. The molecule has 1 saturated heterocycles. The van der Waals surface area contributed by atoms with Crippen LogP contribution in [0.4, 0.5) is 0 Å². The molecular weight excluding hydrogens is 390 g/mol. The monoisotopic (exact) mass is 413 g/mol. The van der Waals surface area contributed by atoms with Crippen LogP contribution in [0.15, 0.2) is 47.3 Å². The van der Waals surface area contributed by atoms with Crippen molar-refractivity contribution in [3.05, 3.63) is 52.7 Å². The van der Waals surface area contributed by atoms with Crippen molar-refractivity contribution >= 4 is 29.0 Å². The maximum atomic E-state index is 12.8. The zero-order valence-corrected chi connectivity index (χ0v) is 17.5. The lowest BCUT2D eigenvalue weighted by atomic mass is 9.99. The number of carbonyl (C=O) groups is 1. The Balaban J connectivity index is 1.41. The number of thiazole rings is 1. The lowest BCUT2D eigenvalue weighted by molar-refractivity contribution is -0.129. The second-order valence-electron chi connectivity index (χ2n) is 6.80. The molecule has 0 radical (unpaired) electrons. The van der Waals surface area contributed by atoms with E-state index in [4.69, 9.17) is 0 Å². The van der Waals surface area contributed by atoms with Crippen LogP contribution in [0.5, 0.6) is 0 Å². The molecule has 6 nitrogen and oxygen atoms in total. The molecule has 0 spiro atoms. The van der Waals surface area contributed by atoms with E-state index < -0.39 is 0 Å². The molecule has 1 aliphatic heterocycles. The van der Waals surface area contributed by atoms with Crippen molar-refractivity contribution in [1.29, 1.82) is 0 Å². The SMILES string of the molecule is CCc1ccccc1-n1cnnc1SCC(=O)N1CCCC(c2nccs2)C1. The summed E-state index contributed by atoms with van der Waals surface area (Å²) >= 11 is 3.14. The van der Waals surface area contributed by atoms with Crippen molar-refractivity contribution in [3.8, 4) is 5.69 Å². The van der Waals surface area contributed by atoms with E-state index in [9.17, 15) is 4.79 Å². The normalized spacial score (nSPS) is 17.0. The van der Waals surface area contributed by atoms with E-state index >= 15 is 0 Å². The molecule has 3 aromatic rings. The highest BCUT2D eigenvalue weighted by molar-refractivity contribution is 7.99. The number of rotatable bonds is 6. The summed E-state index contributed by atoms with van der Waals surface area (Å²) in [7, 11) is 0. The predicted octanol–water partition coefficient (Wildman–Crippen LogP) is 3.78. The summed E-state index contributed by atoms with van der Waals surface area (Å²) < 4.78 is 1.98. The van der Waals surface area contributed by atoms with Gasteiger partial charge >= 0.3 is 0 Å². The van der Waals surface area contributed by atoms with Crippen LogP contribution in [0.3, 0.4) is 0 Å². The fourth-order valence-corrected chi connectivity index (χ4v) is 5.18. The molecular formula is C20H23N5OS2. The molecule has 1 unspecified atom stereocenters. The van der Waals surface area contributed by atoms with Crippen LogP contribution in [0.2, 0.25) is 0 Å². The lowest BCUT2D eigenvalue weighted by Crippen LogP contribution is -2.40. The number of nitrogens with zero attached hydrogens (tertiary/aromatic N) is 5. The Morgan fingerprint density at radius 1 is 1.36 bits per heavy atom. The van der Waals surface area contributed by atoms with Crippen LogP contribution in [-0.4, -0.2) is 49.4 Å². The molecule has 0 N–H and O–H groups in total. The smallest absolute Gasteiger partial charge is 0.233 e. The molecule has 1 amide bonds. The van der Waals surface area contributed by atoms with Crippen LogP contribution in [0, 0.1) is 0 Å². The second kappa shape index (κ2) is 8.87. The van der Waals surface area contributed by atoms with Gasteiger partial charge in [0.25, 0.3) is 0 Å². The van der Waals surface area contributed by atoms with Gasteiger partial charge in [-0.05, 0) is 30.9 Å². The van der Waals surface area contributed by atoms with Gasteiger partial charge in [0, 0.05) is 30.6 Å². The van der Waals surface area contributed by atoms with E-state index in [1.165, 1.54) is 17.3 Å². The standard InChI is InChI=1S/C20H23N5OS2/c1-2-15-6-3-4-8-17(15)25-14-22-23-20(25)28-13-18(26)24-10-5-7-16(12-24)19-21-9-11-27-19/h3-4,6,8-9,11,14,16H,2,5,7,10,12-13H2,1H3. The van der Waals surface area contributed by atoms with Crippen molar-refractivity contribution in [3.63, 3.8) is 0 Å². The molecule has 0 aliphatic carbocycles. The average molecular weight is 414 g/mol. The number of aryl methyl sites for hydroxylation is 1. The molecule has 8 heteroatoms. The van der Waals surface area contributed by atoms with E-state index in [-0.39, 0.29) is 5.91 Å². The Hall–Kier alpha value is -2.19. The largest absolute Gasteiger partial charge is 0.341 e. The van der Waals surface area contributed by atoms with Gasteiger partial charge in [-0.25, -0.2) is 4.98 Å². The van der Waals surface area contributed by atoms with Crippen LogP contribution in [0.25, 0.3) is 5.69 Å². The summed E-state index contributed by atoms with van der Waals surface area (Å²) in [6.45, 7) is 3.72. The van der Waals surface area contributed by atoms with Gasteiger partial charge in [-0.3, -0.25) is 9.36 Å². The van der Waals surface area contributed by atoms with Gasteiger partial charge in [0.15, 0.2) is 5.16 Å². The first-order chi connectivity index (χ1) is 13.8. The molecule has 28 heavy (non-hydrogen) atoms. The zero-order chi connectivity index (χ0) is 19.3. The van der Waals surface area contributed by atoms with E-state index in [1.807, 2.05) is 33.2 Å². The molecule has 0 saturated carbocycles. The first kappa shape index (κ1) is 19.1. The maximum absolute atomic E-state index is 12.8. The maximum Gasteiger partial charge on any atom is 0.233 e. The van der Waals surface area contributed by atoms with E-state index in [1.54, 1.807) is 17.7 Å². The molecule has 3 heterocycles. The number of amides is 1. The number of hydrogen-bond donors (Lipinski definition) is 0. The summed E-state index contributed by atoms with van der Waals surface area (Å²) in [5.74, 6) is 0.893. The minimum atomic E-state index is 0.157. The van der Waals surface area contributed by atoms with Crippen LogP contribution in [-0.2, 0) is 11.2 Å². The highest BCUT2D eigenvalue weighted by atomic mass is 32.2. The molecule has 146 valence electrons. The van der Waals surface area contributed by atoms with Gasteiger partial charge in [-0.15, -0.1) is 21.5 Å². The zero-order valence-electron chi connectivity index (χ0n) is 15.8. The quantitative estimate of drug-likeness (QED) is 0.576. The van der Waals surface area contributed by atoms with Gasteiger partial charge in [-0.2, -0.15) is 0 Å². The van der Waals surface area contributed by atoms with E-state index in [0.29, 0.717) is 11.7 Å². The first-order valence-corrected chi connectivity index (χ1v) is 11.4. The van der Waals surface area contributed by atoms with Crippen molar-refractivity contribution in [2.45, 2.75) is 37.3 Å².